The van der Waals surface area contributed by atoms with Crippen LogP contribution in [0.25, 0.3) is 10.9 Å². The number of nitrogens with one attached hydrogen (secondary N) is 1. The minimum atomic E-state index is -2.00. The molecule has 0 saturated carbocycles. The minimum Gasteiger partial charge on any atom is -0.506 e. The predicted octanol–water partition coefficient (Wildman–Crippen LogP) is 2.92. The van der Waals surface area contributed by atoms with Crippen LogP contribution in [-0.4, -0.2) is 19.8 Å². The molecular weight excluding hydrogens is 406 g/mol. The number of nitrogens with two attached hydrogens (primary N) is 1. The zero-order chi connectivity index (χ0) is 21.8. The molecule has 0 spiro atoms. The molecule has 4 N–H and O–H groups in total. The van der Waals surface area contributed by atoms with E-state index in [2.05, 4.69) is 9.60 Å². The van der Waals surface area contributed by atoms with Crippen molar-refractivity contribution in [3.05, 3.63) is 64.4 Å². The third-order valence-electron chi connectivity index (χ3n) is 4.71. The summed E-state index contributed by atoms with van der Waals surface area (Å²) in [6.45, 7) is 4.48. The van der Waals surface area contributed by atoms with Gasteiger partial charge in [0.2, 0.25) is 11.1 Å². The van der Waals surface area contributed by atoms with Gasteiger partial charge in [-0.05, 0) is 36.6 Å². The van der Waals surface area contributed by atoms with Crippen molar-refractivity contribution in [3.8, 4) is 5.75 Å². The van der Waals surface area contributed by atoms with Gasteiger partial charge in [0.15, 0.2) is 0 Å². The lowest BCUT2D eigenvalue weighted by Gasteiger charge is -2.16. The van der Waals surface area contributed by atoms with Crippen molar-refractivity contribution in [1.82, 2.24) is 4.57 Å². The van der Waals surface area contributed by atoms with Gasteiger partial charge in [0.1, 0.15) is 11.3 Å². The van der Waals surface area contributed by atoms with Crippen LogP contribution in [0.3, 0.4) is 0 Å². The molecule has 30 heavy (non-hydrogen) atoms. The number of para-hydroxylation sites is 2. The van der Waals surface area contributed by atoms with Gasteiger partial charge in [0.05, 0.1) is 16.1 Å². The number of fused-ring (bicyclic) bond motifs is 1. The molecule has 0 aliphatic heterocycles. The molecular formula is C21H23N3O5S. The summed E-state index contributed by atoms with van der Waals surface area (Å²) in [6, 6.07) is 13.1. The van der Waals surface area contributed by atoms with E-state index in [0.29, 0.717) is 23.4 Å². The van der Waals surface area contributed by atoms with Crippen molar-refractivity contribution in [2.24, 2.45) is 11.8 Å². The van der Waals surface area contributed by atoms with Crippen molar-refractivity contribution in [2.75, 3.05) is 5.32 Å². The molecule has 3 aromatic rings. The van der Waals surface area contributed by atoms with Gasteiger partial charge in [0, 0.05) is 11.9 Å². The molecule has 9 heteroatoms. The summed E-state index contributed by atoms with van der Waals surface area (Å²) in [6.07, 6.45) is 0.728. The van der Waals surface area contributed by atoms with Crippen LogP contribution in [0.5, 0.6) is 5.75 Å². The first-order valence-electron chi connectivity index (χ1n) is 9.39. The molecule has 1 heterocycles. The minimum absolute atomic E-state index is 0.133. The Morgan fingerprint density at radius 3 is 2.57 bits per heavy atom. The fourth-order valence-electron chi connectivity index (χ4n) is 3.16. The second-order valence-corrected chi connectivity index (χ2v) is 8.26. The Balaban J connectivity index is 2.11. The lowest BCUT2D eigenvalue weighted by molar-refractivity contribution is 0.102. The van der Waals surface area contributed by atoms with E-state index in [1.807, 2.05) is 13.8 Å². The Labute approximate surface area is 175 Å². The van der Waals surface area contributed by atoms with E-state index in [0.717, 1.165) is 6.42 Å². The third kappa shape index (κ3) is 4.28. The Morgan fingerprint density at radius 2 is 1.87 bits per heavy atom. The molecule has 0 aliphatic rings. The summed E-state index contributed by atoms with van der Waals surface area (Å²) in [4.78, 5) is 26.3. The first-order chi connectivity index (χ1) is 14.3. The van der Waals surface area contributed by atoms with Gasteiger partial charge in [-0.1, -0.05) is 38.1 Å². The average molecular weight is 429 g/mol. The first kappa shape index (κ1) is 21.7. The number of amides is 1. The number of hydrogen-bond acceptors (Lipinski definition) is 6. The maximum absolute atomic E-state index is 13.2. The Hall–Kier alpha value is -3.01. The van der Waals surface area contributed by atoms with Crippen LogP contribution in [0.15, 0.2) is 58.2 Å². The van der Waals surface area contributed by atoms with Gasteiger partial charge >= 0.3 is 0 Å². The normalized spacial score (nSPS) is 12.3. The lowest BCUT2D eigenvalue weighted by atomic mass is 10.1. The van der Waals surface area contributed by atoms with E-state index in [4.69, 9.17) is 5.90 Å². The summed E-state index contributed by atoms with van der Waals surface area (Å²) in [7, 11) is 0. The Morgan fingerprint density at radius 1 is 1.20 bits per heavy atom. The molecule has 0 fully saturated rings. The number of carbonyl (C=O) groups excluding carboxylic acids is 1. The van der Waals surface area contributed by atoms with Crippen LogP contribution >= 0.6 is 0 Å². The van der Waals surface area contributed by atoms with Crippen molar-refractivity contribution in [1.29, 1.82) is 0 Å². The van der Waals surface area contributed by atoms with E-state index in [9.17, 15) is 18.9 Å². The molecule has 8 nitrogen and oxygen atoms in total. The van der Waals surface area contributed by atoms with Crippen LogP contribution in [0, 0.1) is 5.92 Å². The van der Waals surface area contributed by atoms with Gasteiger partial charge < -0.3 is 15.0 Å². The zero-order valence-corrected chi connectivity index (χ0v) is 17.4. The van der Waals surface area contributed by atoms with E-state index < -0.39 is 28.3 Å². The molecule has 0 saturated heterocycles. The highest BCUT2D eigenvalue weighted by atomic mass is 32.2. The maximum atomic E-state index is 13.2. The second-order valence-electron chi connectivity index (χ2n) is 7.16. The van der Waals surface area contributed by atoms with E-state index in [1.54, 1.807) is 36.4 Å². The number of hydrogen-bond donors (Lipinski definition) is 3. The maximum Gasteiger partial charge on any atom is 0.267 e. The monoisotopic (exact) mass is 429 g/mol. The molecule has 1 aromatic heterocycles. The number of aromatic hydroxyl groups is 1. The van der Waals surface area contributed by atoms with Crippen LogP contribution < -0.4 is 16.8 Å². The summed E-state index contributed by atoms with van der Waals surface area (Å²) >= 11 is -2.00. The number of aryl methyl sites for hydroxylation is 1. The van der Waals surface area contributed by atoms with Gasteiger partial charge in [-0.15, -0.1) is 0 Å². The van der Waals surface area contributed by atoms with Gasteiger partial charge in [-0.3, -0.25) is 9.59 Å². The Bertz CT molecular complexity index is 1170. The summed E-state index contributed by atoms with van der Waals surface area (Å²) in [5.74, 6) is 4.13. The molecule has 3 rings (SSSR count). The van der Waals surface area contributed by atoms with Crippen LogP contribution in [0.1, 0.15) is 30.6 Å². The van der Waals surface area contributed by atoms with Crippen LogP contribution in [-0.2, 0) is 21.9 Å². The zero-order valence-electron chi connectivity index (χ0n) is 16.6. The third-order valence-corrected chi connectivity index (χ3v) is 5.60. The van der Waals surface area contributed by atoms with Crippen molar-refractivity contribution in [3.63, 3.8) is 0 Å². The first-order valence-corrected chi connectivity index (χ1v) is 10.5. The molecule has 0 bridgehead atoms. The number of anilines is 1. The number of aromatic nitrogens is 1. The van der Waals surface area contributed by atoms with E-state index in [1.165, 1.54) is 16.7 Å². The number of nitrogens with zero attached hydrogens (tertiary/aromatic N) is 1. The number of rotatable bonds is 7. The quantitative estimate of drug-likeness (QED) is 0.496. The topological polar surface area (TPSA) is 124 Å². The Kier molecular flexibility index (Phi) is 6.66. The van der Waals surface area contributed by atoms with Gasteiger partial charge in [-0.2, -0.15) is 10.2 Å². The predicted molar refractivity (Wildman–Crippen MR) is 115 cm³/mol. The van der Waals surface area contributed by atoms with Crippen LogP contribution in [0.4, 0.5) is 5.69 Å². The molecule has 1 unspecified atom stereocenters. The standard InChI is InChI=1S/C21H23N3O5S/c1-13(2)11-12-24-16-9-5-3-7-14(16)19(25)18(21(24)27)20(26)23-15-8-4-6-10-17(15)30(28)29-22/h3-10,13,25H,11-12,22H2,1-2H3,(H,23,26). The molecule has 0 radical (unpaired) electrons. The molecule has 0 aliphatic carbocycles. The van der Waals surface area contributed by atoms with Gasteiger partial charge in [-0.25, -0.2) is 4.21 Å². The van der Waals surface area contributed by atoms with Gasteiger partial charge in [0.25, 0.3) is 11.5 Å². The number of benzene rings is 2. The van der Waals surface area contributed by atoms with Crippen molar-refractivity contribution >= 4 is 33.6 Å². The van der Waals surface area contributed by atoms with Crippen LogP contribution in [0.2, 0.25) is 0 Å². The summed E-state index contributed by atoms with van der Waals surface area (Å²) < 4.78 is 17.8. The fourth-order valence-corrected chi connectivity index (χ4v) is 3.75. The van der Waals surface area contributed by atoms with Crippen molar-refractivity contribution in [2.45, 2.75) is 31.7 Å². The SMILES string of the molecule is CC(C)CCn1c(=O)c(C(=O)Nc2ccccc2S(=O)ON)c(O)c2ccccc21. The highest BCUT2D eigenvalue weighted by Gasteiger charge is 2.23. The van der Waals surface area contributed by atoms with E-state index in [-0.39, 0.29) is 16.1 Å². The van der Waals surface area contributed by atoms with E-state index >= 15 is 0 Å². The largest absolute Gasteiger partial charge is 0.506 e. The number of pyridine rings is 1. The van der Waals surface area contributed by atoms with Crippen molar-refractivity contribution < 1.29 is 18.4 Å². The highest BCUT2D eigenvalue weighted by molar-refractivity contribution is 7.80. The molecule has 1 amide bonds. The highest BCUT2D eigenvalue weighted by Crippen LogP contribution is 2.28. The fraction of sp³-hybridized carbons (Fsp3) is 0.238. The molecule has 2 aromatic carbocycles. The smallest absolute Gasteiger partial charge is 0.267 e. The molecule has 158 valence electrons. The number of carbonyl (C=O) groups is 1. The molecule has 1 atom stereocenters. The average Bonchev–Trinajstić information content (AvgIpc) is 2.73. The lowest BCUT2D eigenvalue weighted by Crippen LogP contribution is -2.30. The summed E-state index contributed by atoms with van der Waals surface area (Å²) in [5, 5.41) is 13.7. The second kappa shape index (κ2) is 9.21. The summed E-state index contributed by atoms with van der Waals surface area (Å²) in [5.41, 5.74) is -0.271.